The topological polar surface area (TPSA) is 64.7 Å². The lowest BCUT2D eigenvalue weighted by Crippen LogP contribution is -2.50. The summed E-state index contributed by atoms with van der Waals surface area (Å²) >= 11 is 6.02. The number of nitrogens with zero attached hydrogens (tertiary/aromatic N) is 2. The fourth-order valence-electron chi connectivity index (χ4n) is 3.08. The van der Waals surface area contributed by atoms with Crippen molar-refractivity contribution in [3.8, 4) is 0 Å². The summed E-state index contributed by atoms with van der Waals surface area (Å²) in [6.45, 7) is 4.02. The van der Waals surface area contributed by atoms with Crippen LogP contribution in [0.1, 0.15) is 5.56 Å². The van der Waals surface area contributed by atoms with E-state index in [4.69, 9.17) is 11.6 Å². The van der Waals surface area contributed by atoms with Crippen LogP contribution in [0.25, 0.3) is 0 Å². The van der Waals surface area contributed by atoms with Crippen LogP contribution < -0.4 is 10.6 Å². The molecule has 0 bridgehead atoms. The van der Waals surface area contributed by atoms with Crippen molar-refractivity contribution in [2.45, 2.75) is 6.54 Å². The third kappa shape index (κ3) is 6.02. The summed E-state index contributed by atoms with van der Waals surface area (Å²) in [5.41, 5.74) is 1.19. The number of halogens is 2. The molecule has 1 heterocycles. The van der Waals surface area contributed by atoms with Crippen LogP contribution in [0, 0.1) is 5.82 Å². The molecule has 0 atom stereocenters. The second kappa shape index (κ2) is 9.64. The van der Waals surface area contributed by atoms with Gasteiger partial charge < -0.3 is 5.32 Å². The van der Waals surface area contributed by atoms with Crippen molar-refractivity contribution in [1.29, 1.82) is 0 Å². The molecule has 0 saturated carbocycles. The van der Waals surface area contributed by atoms with Gasteiger partial charge >= 0.3 is 6.03 Å². The summed E-state index contributed by atoms with van der Waals surface area (Å²) in [6, 6.07) is 12.8. The van der Waals surface area contributed by atoms with Crippen molar-refractivity contribution in [3.63, 3.8) is 0 Å². The van der Waals surface area contributed by atoms with Crippen LogP contribution in [-0.4, -0.2) is 54.5 Å². The largest absolute Gasteiger partial charge is 0.326 e. The van der Waals surface area contributed by atoms with Crippen LogP contribution in [0.5, 0.6) is 0 Å². The van der Waals surface area contributed by atoms with Crippen molar-refractivity contribution in [2.75, 3.05) is 38.0 Å². The normalized spacial score (nSPS) is 15.2. The van der Waals surface area contributed by atoms with Gasteiger partial charge in [-0.25, -0.2) is 9.18 Å². The fourth-order valence-corrected chi connectivity index (χ4v) is 3.30. The minimum Gasteiger partial charge on any atom is -0.305 e. The second-order valence-electron chi connectivity index (χ2n) is 6.66. The molecule has 1 fully saturated rings. The van der Waals surface area contributed by atoms with Crippen LogP contribution in [0.2, 0.25) is 5.02 Å². The van der Waals surface area contributed by atoms with Crippen molar-refractivity contribution in [1.82, 2.24) is 15.1 Å². The smallest absolute Gasteiger partial charge is 0.305 e. The van der Waals surface area contributed by atoms with Crippen LogP contribution in [0.3, 0.4) is 0 Å². The average molecular weight is 405 g/mol. The van der Waals surface area contributed by atoms with Crippen LogP contribution in [0.15, 0.2) is 48.5 Å². The van der Waals surface area contributed by atoms with E-state index in [0.29, 0.717) is 0 Å². The zero-order valence-electron chi connectivity index (χ0n) is 15.3. The number of nitrogens with one attached hydrogen (secondary N) is 2. The molecule has 3 amide bonds. The predicted molar refractivity (Wildman–Crippen MR) is 107 cm³/mol. The number of imide groups is 1. The van der Waals surface area contributed by atoms with Gasteiger partial charge in [-0.15, -0.1) is 0 Å². The minimum absolute atomic E-state index is 0.0300. The molecule has 148 valence electrons. The highest BCUT2D eigenvalue weighted by atomic mass is 35.5. The zero-order valence-corrected chi connectivity index (χ0v) is 16.1. The molecule has 2 aromatic carbocycles. The predicted octanol–water partition coefficient (Wildman–Crippen LogP) is 2.95. The molecule has 2 aromatic rings. The molecule has 28 heavy (non-hydrogen) atoms. The van der Waals surface area contributed by atoms with Gasteiger partial charge in [0.25, 0.3) is 0 Å². The number of carbonyl (C=O) groups excluding carboxylic acids is 2. The first-order valence-electron chi connectivity index (χ1n) is 9.04. The standard InChI is InChI=1S/C20H22ClFN4O2/c21-16-5-3-4-15(12-16)13-25-8-10-26(11-9-25)14-19(27)24-20(28)23-18-7-2-1-6-17(18)22/h1-7,12H,8-11,13-14H2,(H2,23,24,27,28). The number of rotatable bonds is 5. The Morgan fingerprint density at radius 3 is 2.43 bits per heavy atom. The van der Waals surface area contributed by atoms with Gasteiger partial charge in [0.15, 0.2) is 0 Å². The van der Waals surface area contributed by atoms with E-state index in [1.54, 1.807) is 6.07 Å². The molecule has 0 unspecified atom stereocenters. The molecule has 1 aliphatic heterocycles. The highest BCUT2D eigenvalue weighted by molar-refractivity contribution is 6.30. The highest BCUT2D eigenvalue weighted by Crippen LogP contribution is 2.14. The van der Waals surface area contributed by atoms with Crippen LogP contribution in [-0.2, 0) is 11.3 Å². The van der Waals surface area contributed by atoms with Gasteiger partial charge in [-0.3, -0.25) is 19.9 Å². The number of benzene rings is 2. The van der Waals surface area contributed by atoms with Crippen molar-refractivity contribution in [3.05, 3.63) is 64.9 Å². The molecule has 6 nitrogen and oxygen atoms in total. The van der Waals surface area contributed by atoms with E-state index in [-0.39, 0.29) is 12.2 Å². The van der Waals surface area contributed by atoms with E-state index in [0.717, 1.165) is 43.3 Å². The van der Waals surface area contributed by atoms with E-state index in [1.807, 2.05) is 29.2 Å². The van der Waals surface area contributed by atoms with Gasteiger partial charge in [-0.05, 0) is 29.8 Å². The Morgan fingerprint density at radius 2 is 1.71 bits per heavy atom. The van der Waals surface area contributed by atoms with E-state index < -0.39 is 17.8 Å². The first-order valence-corrected chi connectivity index (χ1v) is 9.42. The Bertz CT molecular complexity index is 840. The molecule has 0 spiro atoms. The molecule has 1 saturated heterocycles. The summed E-state index contributed by atoms with van der Waals surface area (Å²) in [7, 11) is 0. The third-order valence-electron chi connectivity index (χ3n) is 4.50. The van der Waals surface area contributed by atoms with E-state index in [1.165, 1.54) is 18.2 Å². The van der Waals surface area contributed by atoms with Gasteiger partial charge in [0.2, 0.25) is 5.91 Å². The molecule has 1 aliphatic rings. The Hall–Kier alpha value is -2.48. The molecule has 0 radical (unpaired) electrons. The van der Waals surface area contributed by atoms with Gasteiger partial charge in [-0.2, -0.15) is 0 Å². The number of amides is 3. The molecule has 2 N–H and O–H groups in total. The first kappa shape index (κ1) is 20.3. The number of hydrogen-bond acceptors (Lipinski definition) is 4. The number of hydrogen-bond donors (Lipinski definition) is 2. The lowest BCUT2D eigenvalue weighted by atomic mass is 10.2. The van der Waals surface area contributed by atoms with Crippen LogP contribution in [0.4, 0.5) is 14.9 Å². The number of urea groups is 1. The lowest BCUT2D eigenvalue weighted by molar-refractivity contribution is -0.121. The summed E-state index contributed by atoms with van der Waals surface area (Å²) in [5.74, 6) is -0.974. The highest BCUT2D eigenvalue weighted by Gasteiger charge is 2.20. The Kier molecular flexibility index (Phi) is 6.97. The molecular weight excluding hydrogens is 383 g/mol. The van der Waals surface area contributed by atoms with Crippen molar-refractivity contribution in [2.24, 2.45) is 0 Å². The monoisotopic (exact) mass is 404 g/mol. The van der Waals surface area contributed by atoms with Crippen LogP contribution >= 0.6 is 11.6 Å². The average Bonchev–Trinajstić information content (AvgIpc) is 2.65. The molecular formula is C20H22ClFN4O2. The minimum atomic E-state index is -0.741. The first-order chi connectivity index (χ1) is 13.5. The van der Waals surface area contributed by atoms with E-state index in [9.17, 15) is 14.0 Å². The number of carbonyl (C=O) groups is 2. The molecule has 3 rings (SSSR count). The lowest BCUT2D eigenvalue weighted by Gasteiger charge is -2.34. The Balaban J connectivity index is 1.40. The van der Waals surface area contributed by atoms with Crippen molar-refractivity contribution < 1.29 is 14.0 Å². The molecule has 8 heteroatoms. The Labute approximate surface area is 168 Å². The summed E-state index contributed by atoms with van der Waals surface area (Å²) < 4.78 is 13.5. The quantitative estimate of drug-likeness (QED) is 0.804. The molecule has 0 aromatic heterocycles. The summed E-state index contributed by atoms with van der Waals surface area (Å²) in [5, 5.41) is 5.29. The van der Waals surface area contributed by atoms with Gasteiger partial charge in [-0.1, -0.05) is 35.9 Å². The SMILES string of the molecule is O=C(CN1CCN(Cc2cccc(Cl)c2)CC1)NC(=O)Nc1ccccc1F. The van der Waals surface area contributed by atoms with E-state index >= 15 is 0 Å². The summed E-state index contributed by atoms with van der Waals surface area (Å²) in [6.07, 6.45) is 0. The van der Waals surface area contributed by atoms with Gasteiger partial charge in [0, 0.05) is 37.7 Å². The maximum atomic E-state index is 13.5. The second-order valence-corrected chi connectivity index (χ2v) is 7.10. The Morgan fingerprint density at radius 1 is 1.00 bits per heavy atom. The van der Waals surface area contributed by atoms with Gasteiger partial charge in [0.05, 0.1) is 12.2 Å². The third-order valence-corrected chi connectivity index (χ3v) is 4.74. The number of piperazine rings is 1. The van der Waals surface area contributed by atoms with Crippen molar-refractivity contribution >= 4 is 29.2 Å². The fraction of sp³-hybridized carbons (Fsp3) is 0.300. The van der Waals surface area contributed by atoms with E-state index in [2.05, 4.69) is 15.5 Å². The number of para-hydroxylation sites is 1. The molecule has 0 aliphatic carbocycles. The zero-order chi connectivity index (χ0) is 19.9. The summed E-state index contributed by atoms with van der Waals surface area (Å²) in [4.78, 5) is 28.2. The maximum absolute atomic E-state index is 13.5. The van der Waals surface area contributed by atoms with Gasteiger partial charge in [0.1, 0.15) is 5.82 Å². The maximum Gasteiger partial charge on any atom is 0.326 e. The number of anilines is 1.